The molecule has 98 valence electrons. The van der Waals surface area contributed by atoms with Crippen LogP contribution in [0.15, 0.2) is 42.6 Å². The van der Waals surface area contributed by atoms with Gasteiger partial charge < -0.3 is 5.11 Å². The second-order valence-corrected chi connectivity index (χ2v) is 5.43. The molecule has 1 saturated carbocycles. The molecular weight excluding hydrogens is 234 g/mol. The van der Waals surface area contributed by atoms with Crippen molar-refractivity contribution in [2.75, 3.05) is 0 Å². The van der Waals surface area contributed by atoms with Gasteiger partial charge in [0.15, 0.2) is 0 Å². The van der Waals surface area contributed by atoms with Crippen LogP contribution in [0.1, 0.15) is 53.7 Å². The zero-order chi connectivity index (χ0) is 13.2. The average molecular weight is 253 g/mol. The van der Waals surface area contributed by atoms with Crippen LogP contribution in [0, 0.1) is 6.92 Å². The number of aliphatic hydroxyl groups is 1. The molecule has 0 radical (unpaired) electrons. The van der Waals surface area contributed by atoms with Gasteiger partial charge in [0, 0.05) is 11.9 Å². The first-order chi connectivity index (χ1) is 9.24. The number of nitrogens with zero attached hydrogens (tertiary/aromatic N) is 1. The molecule has 1 heterocycles. The Morgan fingerprint density at radius 1 is 1.16 bits per heavy atom. The van der Waals surface area contributed by atoms with Gasteiger partial charge in [0.2, 0.25) is 0 Å². The van der Waals surface area contributed by atoms with Crippen molar-refractivity contribution >= 4 is 0 Å². The molecule has 0 aliphatic heterocycles. The molecule has 0 saturated heterocycles. The van der Waals surface area contributed by atoms with Gasteiger partial charge in [-0.15, -0.1) is 0 Å². The van der Waals surface area contributed by atoms with E-state index in [9.17, 15) is 5.11 Å². The van der Waals surface area contributed by atoms with Crippen LogP contribution < -0.4 is 0 Å². The summed E-state index contributed by atoms with van der Waals surface area (Å²) >= 11 is 0. The number of aryl methyl sites for hydroxylation is 1. The zero-order valence-electron chi connectivity index (χ0n) is 11.2. The van der Waals surface area contributed by atoms with E-state index >= 15 is 0 Å². The molecule has 0 spiro atoms. The van der Waals surface area contributed by atoms with E-state index in [0.717, 1.165) is 16.8 Å². The van der Waals surface area contributed by atoms with Crippen LogP contribution in [0.25, 0.3) is 0 Å². The Balaban J connectivity index is 1.88. The first-order valence-electron chi connectivity index (χ1n) is 6.94. The molecule has 2 nitrogen and oxygen atoms in total. The molecule has 0 bridgehead atoms. The first kappa shape index (κ1) is 12.4. The molecule has 0 amide bonds. The Morgan fingerprint density at radius 2 is 1.95 bits per heavy atom. The second-order valence-electron chi connectivity index (χ2n) is 5.43. The molecule has 1 aliphatic carbocycles. The highest BCUT2D eigenvalue weighted by atomic mass is 16.3. The Labute approximate surface area is 114 Å². The lowest BCUT2D eigenvalue weighted by atomic mass is 9.79. The van der Waals surface area contributed by atoms with Gasteiger partial charge in [-0.25, -0.2) is 0 Å². The van der Waals surface area contributed by atoms with E-state index in [0.29, 0.717) is 5.92 Å². The molecule has 1 atom stereocenters. The van der Waals surface area contributed by atoms with Crippen molar-refractivity contribution in [3.63, 3.8) is 0 Å². The lowest BCUT2D eigenvalue weighted by molar-refractivity contribution is 0.220. The van der Waals surface area contributed by atoms with E-state index in [2.05, 4.69) is 23.2 Å². The van der Waals surface area contributed by atoms with E-state index in [4.69, 9.17) is 0 Å². The largest absolute Gasteiger partial charge is 0.384 e. The maximum absolute atomic E-state index is 10.5. The average Bonchev–Trinajstić information content (AvgIpc) is 2.36. The number of pyridine rings is 1. The van der Waals surface area contributed by atoms with Crippen LogP contribution in [0.4, 0.5) is 0 Å². The highest BCUT2D eigenvalue weighted by Gasteiger charge is 2.20. The van der Waals surface area contributed by atoms with Crippen molar-refractivity contribution < 1.29 is 5.11 Å². The van der Waals surface area contributed by atoms with Crippen molar-refractivity contribution in [1.29, 1.82) is 0 Å². The van der Waals surface area contributed by atoms with Gasteiger partial charge in [0.1, 0.15) is 6.10 Å². The third-order valence-electron chi connectivity index (χ3n) is 4.04. The van der Waals surface area contributed by atoms with Gasteiger partial charge in [-0.1, -0.05) is 30.7 Å². The number of aliphatic hydroxyl groups excluding tert-OH is 1. The molecule has 1 fully saturated rings. The third-order valence-corrected chi connectivity index (χ3v) is 4.04. The number of rotatable bonds is 3. The minimum absolute atomic E-state index is 0.554. The van der Waals surface area contributed by atoms with Gasteiger partial charge in [0.05, 0.1) is 0 Å². The number of benzene rings is 1. The van der Waals surface area contributed by atoms with Crippen molar-refractivity contribution in [2.45, 2.75) is 38.2 Å². The fourth-order valence-electron chi connectivity index (χ4n) is 2.65. The molecule has 2 heteroatoms. The van der Waals surface area contributed by atoms with Gasteiger partial charge in [-0.2, -0.15) is 0 Å². The maximum atomic E-state index is 10.5. The van der Waals surface area contributed by atoms with Crippen LogP contribution in [-0.4, -0.2) is 10.1 Å². The van der Waals surface area contributed by atoms with E-state index in [1.165, 1.54) is 24.8 Å². The molecule has 19 heavy (non-hydrogen) atoms. The SMILES string of the molecule is Cc1cc(C(O)c2cccc(C3CCC3)c2)ccn1. The fourth-order valence-corrected chi connectivity index (χ4v) is 2.65. The molecule has 1 unspecified atom stereocenters. The van der Waals surface area contributed by atoms with Gasteiger partial charge in [-0.3, -0.25) is 4.98 Å². The number of aromatic nitrogens is 1. The molecule has 3 rings (SSSR count). The smallest absolute Gasteiger partial charge is 0.104 e. The van der Waals surface area contributed by atoms with Crippen molar-refractivity contribution in [3.05, 3.63) is 65.0 Å². The van der Waals surface area contributed by atoms with Crippen molar-refractivity contribution in [1.82, 2.24) is 4.98 Å². The van der Waals surface area contributed by atoms with Crippen LogP contribution in [-0.2, 0) is 0 Å². The molecule has 1 aliphatic rings. The first-order valence-corrected chi connectivity index (χ1v) is 6.94. The summed E-state index contributed by atoms with van der Waals surface area (Å²) in [4.78, 5) is 4.17. The monoisotopic (exact) mass is 253 g/mol. The summed E-state index contributed by atoms with van der Waals surface area (Å²) in [7, 11) is 0. The van der Waals surface area contributed by atoms with Crippen molar-refractivity contribution in [2.24, 2.45) is 0 Å². The summed E-state index contributed by atoms with van der Waals surface area (Å²) in [6.07, 6.45) is 5.11. The topological polar surface area (TPSA) is 33.1 Å². The fraction of sp³-hybridized carbons (Fsp3) is 0.353. The van der Waals surface area contributed by atoms with Crippen molar-refractivity contribution in [3.8, 4) is 0 Å². The summed E-state index contributed by atoms with van der Waals surface area (Å²) in [6.45, 7) is 1.95. The van der Waals surface area contributed by atoms with E-state index in [1.54, 1.807) is 6.20 Å². The summed E-state index contributed by atoms with van der Waals surface area (Å²) in [5.74, 6) is 0.700. The Hall–Kier alpha value is -1.67. The zero-order valence-corrected chi connectivity index (χ0v) is 11.2. The van der Waals surface area contributed by atoms with Crippen LogP contribution in [0.2, 0.25) is 0 Å². The van der Waals surface area contributed by atoms with Gasteiger partial charge in [-0.05, 0) is 54.5 Å². The predicted molar refractivity (Wildman–Crippen MR) is 76.1 cm³/mol. The number of hydrogen-bond acceptors (Lipinski definition) is 2. The lowest BCUT2D eigenvalue weighted by Gasteiger charge is -2.26. The molecular formula is C17H19NO. The van der Waals surface area contributed by atoms with E-state index in [1.807, 2.05) is 25.1 Å². The standard InChI is InChI=1S/C17H19NO/c1-12-10-16(8-9-18-12)17(19)15-7-3-6-14(11-15)13-4-2-5-13/h3,6-11,13,17,19H,2,4-5H2,1H3. The Kier molecular flexibility index (Phi) is 3.34. The maximum Gasteiger partial charge on any atom is 0.104 e. The summed E-state index contributed by atoms with van der Waals surface area (Å²) in [6, 6.07) is 12.2. The Morgan fingerprint density at radius 3 is 2.63 bits per heavy atom. The predicted octanol–water partition coefficient (Wildman–Crippen LogP) is 3.74. The number of hydrogen-bond donors (Lipinski definition) is 1. The molecule has 2 aromatic rings. The Bertz CT molecular complexity index is 575. The quantitative estimate of drug-likeness (QED) is 0.904. The van der Waals surface area contributed by atoms with Crippen LogP contribution >= 0.6 is 0 Å². The minimum atomic E-state index is -0.554. The highest BCUT2D eigenvalue weighted by Crippen LogP contribution is 2.37. The third kappa shape index (κ3) is 2.54. The summed E-state index contributed by atoms with van der Waals surface area (Å²) in [5.41, 5.74) is 4.20. The molecule has 1 aromatic carbocycles. The normalized spacial score (nSPS) is 16.9. The van der Waals surface area contributed by atoms with Crippen LogP contribution in [0.5, 0.6) is 0 Å². The van der Waals surface area contributed by atoms with Gasteiger partial charge in [0.25, 0.3) is 0 Å². The van der Waals surface area contributed by atoms with E-state index in [-0.39, 0.29) is 0 Å². The molecule has 1 N–H and O–H groups in total. The highest BCUT2D eigenvalue weighted by molar-refractivity contribution is 5.34. The van der Waals surface area contributed by atoms with E-state index < -0.39 is 6.10 Å². The second kappa shape index (κ2) is 5.14. The lowest BCUT2D eigenvalue weighted by Crippen LogP contribution is -2.09. The summed E-state index contributed by atoms with van der Waals surface area (Å²) in [5, 5.41) is 10.5. The van der Waals surface area contributed by atoms with Crippen LogP contribution in [0.3, 0.4) is 0 Å². The van der Waals surface area contributed by atoms with Gasteiger partial charge >= 0.3 is 0 Å². The summed E-state index contributed by atoms with van der Waals surface area (Å²) < 4.78 is 0. The molecule has 1 aromatic heterocycles. The minimum Gasteiger partial charge on any atom is -0.384 e.